The van der Waals surface area contributed by atoms with Gasteiger partial charge in [0.15, 0.2) is 0 Å². The summed E-state index contributed by atoms with van der Waals surface area (Å²) < 4.78 is 5.24. The third-order valence-corrected chi connectivity index (χ3v) is 6.11. The van der Waals surface area contributed by atoms with Gasteiger partial charge in [0.25, 0.3) is 0 Å². The summed E-state index contributed by atoms with van der Waals surface area (Å²) in [6.07, 6.45) is 3.44. The molecule has 0 radical (unpaired) electrons. The summed E-state index contributed by atoms with van der Waals surface area (Å²) in [4.78, 5) is 27.4. The fourth-order valence-corrected chi connectivity index (χ4v) is 4.54. The number of esters is 1. The van der Waals surface area contributed by atoms with Crippen LogP contribution in [0.3, 0.4) is 0 Å². The van der Waals surface area contributed by atoms with Gasteiger partial charge in [-0.25, -0.2) is 4.79 Å². The molecule has 3 rings (SSSR count). The number of thiophene rings is 1. The number of nitrogens with one attached hydrogen (secondary N) is 1. The number of carbonyl (C=O) groups excluding carboxylic acids is 2. The Morgan fingerprint density at radius 1 is 1.29 bits per heavy atom. The number of hydrogen-bond acceptors (Lipinski definition) is 5. The number of anilines is 1. The van der Waals surface area contributed by atoms with Crippen LogP contribution in [0.5, 0.6) is 0 Å². The average Bonchev–Trinajstić information content (AvgIpc) is 3.08. The lowest BCUT2D eigenvalue weighted by Gasteiger charge is -2.32. The maximum atomic E-state index is 12.6. The number of rotatable bonds is 6. The molecule has 1 saturated heterocycles. The number of amides is 1. The Hall–Kier alpha value is -1.89. The second-order valence-electron chi connectivity index (χ2n) is 6.94. The molecule has 2 heterocycles. The minimum Gasteiger partial charge on any atom is -0.462 e. The molecule has 7 heteroatoms. The highest BCUT2D eigenvalue weighted by Gasteiger charge is 2.25. The highest BCUT2D eigenvalue weighted by molar-refractivity contribution is 7.15. The Balaban J connectivity index is 1.82. The monoisotopic (exact) mass is 420 g/mol. The molecular formula is C21H25ClN2O3S. The summed E-state index contributed by atoms with van der Waals surface area (Å²) in [5.41, 5.74) is 1.99. The first kappa shape index (κ1) is 20.8. The first-order valence-corrected chi connectivity index (χ1v) is 10.8. The van der Waals surface area contributed by atoms with Gasteiger partial charge in [-0.15, -0.1) is 11.3 Å². The molecule has 28 heavy (non-hydrogen) atoms. The minimum absolute atomic E-state index is 0.108. The number of nitrogens with zero attached hydrogens (tertiary/aromatic N) is 1. The number of halogens is 1. The van der Waals surface area contributed by atoms with E-state index in [4.69, 9.17) is 16.3 Å². The van der Waals surface area contributed by atoms with E-state index in [9.17, 15) is 9.59 Å². The molecule has 1 aliphatic rings. The van der Waals surface area contributed by atoms with Crippen molar-refractivity contribution in [2.45, 2.75) is 39.2 Å². The Labute approximate surface area is 174 Å². The van der Waals surface area contributed by atoms with E-state index in [-0.39, 0.29) is 12.5 Å². The molecule has 1 N–H and O–H groups in total. The number of likely N-dealkylation sites (tertiary alicyclic amines) is 1. The molecule has 0 unspecified atom stereocenters. The molecule has 0 spiro atoms. The average molecular weight is 421 g/mol. The number of benzene rings is 1. The van der Waals surface area contributed by atoms with Gasteiger partial charge in [-0.05, 0) is 50.9 Å². The van der Waals surface area contributed by atoms with Gasteiger partial charge >= 0.3 is 5.97 Å². The van der Waals surface area contributed by atoms with E-state index >= 15 is 0 Å². The lowest BCUT2D eigenvalue weighted by molar-refractivity contribution is -0.118. The first-order valence-electron chi connectivity index (χ1n) is 9.58. The molecule has 2 aromatic rings. The standard InChI is InChI=1S/C21H25ClN2O3S/c1-3-27-21(26)19-17(15-7-9-16(22)10-8-15)13-28-20(19)23-18(25)12-24-11-5-4-6-14(24)2/h7-10,13-14H,3-6,11-12H2,1-2H3,(H,23,25)/t14-/m0/s1. The van der Waals surface area contributed by atoms with E-state index in [0.29, 0.717) is 28.2 Å². The van der Waals surface area contributed by atoms with Crippen molar-refractivity contribution in [3.05, 3.63) is 40.2 Å². The highest BCUT2D eigenvalue weighted by Crippen LogP contribution is 2.36. The van der Waals surface area contributed by atoms with Crippen molar-refractivity contribution in [2.24, 2.45) is 0 Å². The maximum absolute atomic E-state index is 12.6. The van der Waals surface area contributed by atoms with Crippen LogP contribution in [0.1, 0.15) is 43.5 Å². The topological polar surface area (TPSA) is 58.6 Å². The van der Waals surface area contributed by atoms with E-state index in [1.165, 1.54) is 17.8 Å². The summed E-state index contributed by atoms with van der Waals surface area (Å²) in [7, 11) is 0. The Morgan fingerprint density at radius 3 is 2.71 bits per heavy atom. The van der Waals surface area contributed by atoms with Gasteiger partial charge in [0, 0.05) is 22.0 Å². The third-order valence-electron chi connectivity index (χ3n) is 4.97. The predicted molar refractivity (Wildman–Crippen MR) is 114 cm³/mol. The van der Waals surface area contributed by atoms with Crippen LogP contribution in [-0.2, 0) is 9.53 Å². The summed E-state index contributed by atoms with van der Waals surface area (Å²) >= 11 is 7.32. The Morgan fingerprint density at radius 2 is 2.04 bits per heavy atom. The lowest BCUT2D eigenvalue weighted by atomic mass is 10.0. The molecular weight excluding hydrogens is 396 g/mol. The van der Waals surface area contributed by atoms with Gasteiger partial charge < -0.3 is 10.1 Å². The Kier molecular flexibility index (Phi) is 7.10. The van der Waals surface area contributed by atoms with E-state index in [1.807, 2.05) is 17.5 Å². The van der Waals surface area contributed by atoms with Crippen LogP contribution in [-0.4, -0.2) is 42.5 Å². The Bertz CT molecular complexity index is 835. The van der Waals surface area contributed by atoms with E-state index in [0.717, 1.165) is 30.5 Å². The molecule has 5 nitrogen and oxygen atoms in total. The smallest absolute Gasteiger partial charge is 0.341 e. The summed E-state index contributed by atoms with van der Waals surface area (Å²) in [6, 6.07) is 7.67. The molecule has 0 saturated carbocycles. The number of hydrogen-bond donors (Lipinski definition) is 1. The zero-order valence-corrected chi connectivity index (χ0v) is 17.7. The van der Waals surface area contributed by atoms with Crippen LogP contribution in [0.25, 0.3) is 11.1 Å². The molecule has 0 aliphatic carbocycles. The fourth-order valence-electron chi connectivity index (χ4n) is 3.44. The van der Waals surface area contributed by atoms with Crippen molar-refractivity contribution in [1.29, 1.82) is 0 Å². The van der Waals surface area contributed by atoms with E-state index in [2.05, 4.69) is 17.1 Å². The second kappa shape index (κ2) is 9.54. The van der Waals surface area contributed by atoms with Gasteiger partial charge in [0.05, 0.1) is 13.2 Å². The van der Waals surface area contributed by atoms with Crippen LogP contribution in [0.15, 0.2) is 29.6 Å². The number of carbonyl (C=O) groups is 2. The lowest BCUT2D eigenvalue weighted by Crippen LogP contribution is -2.42. The van der Waals surface area contributed by atoms with Crippen LogP contribution in [0.2, 0.25) is 5.02 Å². The zero-order valence-electron chi connectivity index (χ0n) is 16.2. The van der Waals surface area contributed by atoms with Gasteiger partial charge in [0.1, 0.15) is 10.6 Å². The SMILES string of the molecule is CCOC(=O)c1c(-c2ccc(Cl)cc2)csc1NC(=O)CN1CCCC[C@@H]1C. The van der Waals surface area contributed by atoms with Crippen LogP contribution in [0.4, 0.5) is 5.00 Å². The molecule has 1 aromatic carbocycles. The van der Waals surface area contributed by atoms with Gasteiger partial charge in [-0.3, -0.25) is 9.69 Å². The van der Waals surface area contributed by atoms with Crippen molar-refractivity contribution in [2.75, 3.05) is 25.0 Å². The highest BCUT2D eigenvalue weighted by atomic mass is 35.5. The second-order valence-corrected chi connectivity index (χ2v) is 8.26. The summed E-state index contributed by atoms with van der Waals surface area (Å²) in [5.74, 6) is -0.542. The largest absolute Gasteiger partial charge is 0.462 e. The van der Waals surface area contributed by atoms with Gasteiger partial charge in [-0.1, -0.05) is 30.2 Å². The number of piperidine rings is 1. The normalized spacial score (nSPS) is 17.3. The molecule has 1 amide bonds. The van der Waals surface area contributed by atoms with Gasteiger partial charge in [-0.2, -0.15) is 0 Å². The van der Waals surface area contributed by atoms with Crippen molar-refractivity contribution in [3.8, 4) is 11.1 Å². The molecule has 1 atom stereocenters. The van der Waals surface area contributed by atoms with Crippen LogP contribution in [0, 0.1) is 0 Å². The van der Waals surface area contributed by atoms with Crippen LogP contribution < -0.4 is 5.32 Å². The molecule has 1 aromatic heterocycles. The van der Waals surface area contributed by atoms with Crippen molar-refractivity contribution in [1.82, 2.24) is 4.90 Å². The first-order chi connectivity index (χ1) is 13.5. The van der Waals surface area contributed by atoms with Crippen molar-refractivity contribution < 1.29 is 14.3 Å². The van der Waals surface area contributed by atoms with E-state index < -0.39 is 5.97 Å². The van der Waals surface area contributed by atoms with Crippen molar-refractivity contribution in [3.63, 3.8) is 0 Å². The third kappa shape index (κ3) is 4.93. The molecule has 0 bridgehead atoms. The molecule has 1 fully saturated rings. The summed E-state index contributed by atoms with van der Waals surface area (Å²) in [5, 5.41) is 5.95. The molecule has 1 aliphatic heterocycles. The predicted octanol–water partition coefficient (Wildman–Crippen LogP) is 5.06. The minimum atomic E-state index is -0.435. The maximum Gasteiger partial charge on any atom is 0.341 e. The van der Waals surface area contributed by atoms with Crippen molar-refractivity contribution >= 4 is 39.8 Å². The number of ether oxygens (including phenoxy) is 1. The zero-order chi connectivity index (χ0) is 20.1. The van der Waals surface area contributed by atoms with Gasteiger partial charge in [0.2, 0.25) is 5.91 Å². The quantitative estimate of drug-likeness (QED) is 0.663. The van der Waals surface area contributed by atoms with E-state index in [1.54, 1.807) is 19.1 Å². The molecule has 150 valence electrons. The van der Waals surface area contributed by atoms with Crippen LogP contribution >= 0.6 is 22.9 Å². The summed E-state index contributed by atoms with van der Waals surface area (Å²) in [6.45, 7) is 5.45. The fraction of sp³-hybridized carbons (Fsp3) is 0.429.